The molecule has 0 aliphatic carbocycles. The third-order valence-corrected chi connectivity index (χ3v) is 2.90. The first kappa shape index (κ1) is 10.5. The lowest BCUT2D eigenvalue weighted by Gasteiger charge is -2.04. The lowest BCUT2D eigenvalue weighted by Crippen LogP contribution is -1.92. The normalized spacial score (nSPS) is 11.1. The lowest BCUT2D eigenvalue weighted by atomic mass is 10.1. The minimum Gasteiger partial charge on any atom is -0.327 e. The number of benzene rings is 1. The zero-order valence-corrected chi connectivity index (χ0v) is 9.56. The van der Waals surface area contributed by atoms with Crippen molar-refractivity contribution < 1.29 is 0 Å². The van der Waals surface area contributed by atoms with Gasteiger partial charge in [0, 0.05) is 11.0 Å². The molecule has 1 nitrogen and oxygen atoms in total. The van der Waals surface area contributed by atoms with Gasteiger partial charge in [-0.15, -0.1) is 0 Å². The molecule has 13 heavy (non-hydrogen) atoms. The molecule has 0 amide bonds. The number of nitrogens with two attached hydrogens (primary N) is 1. The van der Waals surface area contributed by atoms with Gasteiger partial charge in [0.25, 0.3) is 0 Å². The minimum atomic E-state index is 0.588. The van der Waals surface area contributed by atoms with Crippen LogP contribution in [-0.4, -0.2) is 6.54 Å². The van der Waals surface area contributed by atoms with Crippen molar-refractivity contribution in [1.29, 1.82) is 0 Å². The molecule has 0 aliphatic rings. The fourth-order valence-corrected chi connectivity index (χ4v) is 1.72. The van der Waals surface area contributed by atoms with Crippen molar-refractivity contribution in [3.8, 4) is 0 Å². The molecular formula is C11H14BrN. The Kier molecular flexibility index (Phi) is 3.70. The molecule has 0 aromatic heterocycles. The number of rotatable bonds is 2. The summed E-state index contributed by atoms with van der Waals surface area (Å²) in [5.74, 6) is 0. The third kappa shape index (κ3) is 2.68. The molecule has 0 unspecified atom stereocenters. The molecule has 0 bridgehead atoms. The van der Waals surface area contributed by atoms with Gasteiger partial charge in [0.15, 0.2) is 0 Å². The van der Waals surface area contributed by atoms with Gasteiger partial charge in [0.2, 0.25) is 0 Å². The average molecular weight is 240 g/mol. The second kappa shape index (κ2) is 4.58. The second-order valence-electron chi connectivity index (χ2n) is 3.08. The Morgan fingerprint density at radius 2 is 2.08 bits per heavy atom. The van der Waals surface area contributed by atoms with Crippen molar-refractivity contribution in [2.75, 3.05) is 6.54 Å². The van der Waals surface area contributed by atoms with Gasteiger partial charge in [-0.05, 0) is 36.6 Å². The van der Waals surface area contributed by atoms with E-state index in [1.807, 2.05) is 12.2 Å². The van der Waals surface area contributed by atoms with E-state index in [0.29, 0.717) is 6.54 Å². The van der Waals surface area contributed by atoms with Gasteiger partial charge in [-0.3, -0.25) is 0 Å². The van der Waals surface area contributed by atoms with E-state index in [1.54, 1.807) is 0 Å². The zero-order chi connectivity index (χ0) is 9.84. The molecule has 0 atom stereocenters. The van der Waals surface area contributed by atoms with E-state index in [4.69, 9.17) is 5.73 Å². The smallest absolute Gasteiger partial charge is 0.0213 e. The van der Waals surface area contributed by atoms with Crippen LogP contribution in [0.2, 0.25) is 0 Å². The van der Waals surface area contributed by atoms with Crippen LogP contribution in [0.5, 0.6) is 0 Å². The van der Waals surface area contributed by atoms with Crippen LogP contribution in [-0.2, 0) is 0 Å². The molecule has 0 radical (unpaired) electrons. The summed E-state index contributed by atoms with van der Waals surface area (Å²) in [4.78, 5) is 0. The highest BCUT2D eigenvalue weighted by atomic mass is 79.9. The fourth-order valence-electron chi connectivity index (χ4n) is 1.14. The first-order valence-corrected chi connectivity index (χ1v) is 5.08. The van der Waals surface area contributed by atoms with E-state index in [0.717, 1.165) is 4.47 Å². The van der Waals surface area contributed by atoms with Crippen molar-refractivity contribution in [3.05, 3.63) is 39.4 Å². The van der Waals surface area contributed by atoms with Crippen molar-refractivity contribution in [2.45, 2.75) is 13.8 Å². The van der Waals surface area contributed by atoms with Gasteiger partial charge in [0.1, 0.15) is 0 Å². The van der Waals surface area contributed by atoms with E-state index >= 15 is 0 Å². The Bertz CT molecular complexity index is 306. The Hall–Kier alpha value is -0.600. The molecule has 2 heteroatoms. The largest absolute Gasteiger partial charge is 0.327 e. The quantitative estimate of drug-likeness (QED) is 0.844. The molecule has 0 saturated heterocycles. The molecule has 2 N–H and O–H groups in total. The van der Waals surface area contributed by atoms with Gasteiger partial charge in [0.05, 0.1) is 0 Å². The van der Waals surface area contributed by atoms with Crippen LogP contribution in [0.4, 0.5) is 0 Å². The predicted octanol–water partition coefficient (Wildman–Crippen LogP) is 3.04. The first-order valence-electron chi connectivity index (χ1n) is 4.28. The van der Waals surface area contributed by atoms with Crippen LogP contribution in [0.15, 0.2) is 22.7 Å². The Morgan fingerprint density at radius 1 is 1.38 bits per heavy atom. The van der Waals surface area contributed by atoms with Crippen LogP contribution >= 0.6 is 15.9 Å². The number of halogens is 1. The summed E-state index contributed by atoms with van der Waals surface area (Å²) < 4.78 is 1.16. The summed E-state index contributed by atoms with van der Waals surface area (Å²) in [5.41, 5.74) is 9.17. The average Bonchev–Trinajstić information content (AvgIpc) is 2.10. The topological polar surface area (TPSA) is 26.0 Å². The highest BCUT2D eigenvalue weighted by molar-refractivity contribution is 9.10. The van der Waals surface area contributed by atoms with Crippen LogP contribution in [0, 0.1) is 13.8 Å². The highest BCUT2D eigenvalue weighted by Crippen LogP contribution is 2.22. The van der Waals surface area contributed by atoms with Crippen LogP contribution < -0.4 is 5.73 Å². The van der Waals surface area contributed by atoms with Gasteiger partial charge < -0.3 is 5.73 Å². The monoisotopic (exact) mass is 239 g/mol. The summed E-state index contributed by atoms with van der Waals surface area (Å²) in [7, 11) is 0. The maximum Gasteiger partial charge on any atom is 0.0213 e. The van der Waals surface area contributed by atoms with E-state index in [2.05, 4.69) is 41.9 Å². The van der Waals surface area contributed by atoms with E-state index in [9.17, 15) is 0 Å². The van der Waals surface area contributed by atoms with Crippen molar-refractivity contribution in [2.24, 2.45) is 5.73 Å². The van der Waals surface area contributed by atoms with Crippen LogP contribution in [0.1, 0.15) is 16.7 Å². The van der Waals surface area contributed by atoms with Gasteiger partial charge in [-0.25, -0.2) is 0 Å². The van der Waals surface area contributed by atoms with Gasteiger partial charge in [-0.1, -0.05) is 34.1 Å². The molecule has 0 heterocycles. The van der Waals surface area contributed by atoms with Crippen molar-refractivity contribution in [3.63, 3.8) is 0 Å². The van der Waals surface area contributed by atoms with Crippen LogP contribution in [0.3, 0.4) is 0 Å². The molecule has 1 aromatic rings. The second-order valence-corrected chi connectivity index (χ2v) is 3.94. The summed E-state index contributed by atoms with van der Waals surface area (Å²) >= 11 is 3.52. The molecule has 0 saturated carbocycles. The molecule has 1 aromatic carbocycles. The number of hydrogen-bond donors (Lipinski definition) is 1. The van der Waals surface area contributed by atoms with E-state index < -0.39 is 0 Å². The fraction of sp³-hybridized carbons (Fsp3) is 0.273. The molecule has 1 rings (SSSR count). The van der Waals surface area contributed by atoms with Gasteiger partial charge in [-0.2, -0.15) is 0 Å². The van der Waals surface area contributed by atoms with Gasteiger partial charge >= 0.3 is 0 Å². The maximum atomic E-state index is 5.38. The molecule has 0 aliphatic heterocycles. The zero-order valence-electron chi connectivity index (χ0n) is 7.97. The van der Waals surface area contributed by atoms with E-state index in [-0.39, 0.29) is 0 Å². The number of hydrogen-bond acceptors (Lipinski definition) is 1. The summed E-state index contributed by atoms with van der Waals surface area (Å²) in [6, 6.07) is 4.26. The highest BCUT2D eigenvalue weighted by Gasteiger charge is 1.99. The minimum absolute atomic E-state index is 0.588. The summed E-state index contributed by atoms with van der Waals surface area (Å²) in [5, 5.41) is 0. The van der Waals surface area contributed by atoms with Crippen molar-refractivity contribution >= 4 is 22.0 Å². The Labute approximate surface area is 87.8 Å². The summed E-state index contributed by atoms with van der Waals surface area (Å²) in [6.45, 7) is 4.81. The summed E-state index contributed by atoms with van der Waals surface area (Å²) in [6.07, 6.45) is 3.99. The third-order valence-electron chi connectivity index (χ3n) is 2.07. The SMILES string of the molecule is Cc1cc(/C=C/CN)cc(Br)c1C. The van der Waals surface area contributed by atoms with E-state index in [1.165, 1.54) is 16.7 Å². The molecule has 0 fully saturated rings. The van der Waals surface area contributed by atoms with Crippen molar-refractivity contribution in [1.82, 2.24) is 0 Å². The standard InChI is InChI=1S/C11H14BrN/c1-8-6-10(4-3-5-13)7-11(12)9(8)2/h3-4,6-7H,5,13H2,1-2H3/b4-3+. The first-order chi connectivity index (χ1) is 6.15. The molecule has 0 spiro atoms. The predicted molar refractivity (Wildman–Crippen MR) is 61.7 cm³/mol. The lowest BCUT2D eigenvalue weighted by molar-refractivity contribution is 1.26. The number of aryl methyl sites for hydroxylation is 1. The van der Waals surface area contributed by atoms with Crippen LogP contribution in [0.25, 0.3) is 6.08 Å². The molecule has 70 valence electrons. The molecular weight excluding hydrogens is 226 g/mol. The maximum absolute atomic E-state index is 5.38. The Balaban J connectivity index is 3.06. The Morgan fingerprint density at radius 3 is 2.62 bits per heavy atom.